The maximum Gasteiger partial charge on any atom is 0.248 e. The van der Waals surface area contributed by atoms with E-state index in [4.69, 9.17) is 0 Å². The first-order valence-electron chi connectivity index (χ1n) is 6.05. The van der Waals surface area contributed by atoms with E-state index in [1.165, 1.54) is 0 Å². The minimum Gasteiger partial charge on any atom is -0.294 e. The molecule has 1 aliphatic carbocycles. The van der Waals surface area contributed by atoms with Gasteiger partial charge in [-0.2, -0.15) is 0 Å². The number of benzene rings is 1. The highest BCUT2D eigenvalue weighted by Gasteiger charge is 2.40. The lowest BCUT2D eigenvalue weighted by atomic mass is 9.95. The van der Waals surface area contributed by atoms with E-state index in [0.29, 0.717) is 12.0 Å². The van der Waals surface area contributed by atoms with Crippen LogP contribution in [0.1, 0.15) is 41.6 Å². The van der Waals surface area contributed by atoms with Crippen LogP contribution in [0.15, 0.2) is 22.7 Å². The number of ketones is 1. The van der Waals surface area contributed by atoms with Gasteiger partial charge in [-0.1, -0.05) is 28.1 Å². The Bertz CT molecular complexity index is 471. The summed E-state index contributed by atoms with van der Waals surface area (Å²) in [6.07, 6.45) is 0.451. The molecule has 18 heavy (non-hydrogen) atoms. The van der Waals surface area contributed by atoms with Crippen molar-refractivity contribution in [3.63, 3.8) is 0 Å². The fraction of sp³-hybridized carbons (Fsp3) is 0.500. The van der Waals surface area contributed by atoms with Gasteiger partial charge in [0.25, 0.3) is 0 Å². The Kier molecular flexibility index (Phi) is 3.85. The highest BCUT2D eigenvalue weighted by atomic mass is 79.9. The second-order valence-electron chi connectivity index (χ2n) is 5.00. The van der Waals surface area contributed by atoms with E-state index < -0.39 is 5.92 Å². The topological polar surface area (TPSA) is 17.1 Å². The van der Waals surface area contributed by atoms with E-state index in [1.807, 2.05) is 13.0 Å². The summed E-state index contributed by atoms with van der Waals surface area (Å²) >= 11 is 3.37. The first-order chi connectivity index (χ1) is 8.39. The van der Waals surface area contributed by atoms with Crippen LogP contribution in [0.2, 0.25) is 0 Å². The lowest BCUT2D eigenvalue weighted by molar-refractivity contribution is 0.00497. The third-order valence-electron chi connectivity index (χ3n) is 3.55. The first-order valence-corrected chi connectivity index (χ1v) is 6.84. The van der Waals surface area contributed by atoms with Crippen LogP contribution in [0, 0.1) is 12.8 Å². The Hall–Kier alpha value is -0.770. The molecule has 0 saturated heterocycles. The molecule has 0 spiro atoms. The van der Waals surface area contributed by atoms with Gasteiger partial charge in [0, 0.05) is 29.3 Å². The molecule has 0 heterocycles. The van der Waals surface area contributed by atoms with E-state index in [0.717, 1.165) is 10.0 Å². The van der Waals surface area contributed by atoms with Crippen LogP contribution in [-0.2, 0) is 0 Å². The van der Waals surface area contributed by atoms with Gasteiger partial charge in [-0.25, -0.2) is 8.78 Å². The van der Waals surface area contributed by atoms with Crippen LogP contribution in [0.4, 0.5) is 8.78 Å². The van der Waals surface area contributed by atoms with Crippen LogP contribution >= 0.6 is 15.9 Å². The third-order valence-corrected chi connectivity index (χ3v) is 4.41. The van der Waals surface area contributed by atoms with Crippen molar-refractivity contribution in [2.24, 2.45) is 5.92 Å². The molecule has 0 N–H and O–H groups in total. The molecular weight excluding hydrogens is 302 g/mol. The lowest BCUT2D eigenvalue weighted by Crippen LogP contribution is -2.12. The zero-order chi connectivity index (χ0) is 13.3. The molecule has 1 atom stereocenters. The molecule has 1 saturated carbocycles. The van der Waals surface area contributed by atoms with Crippen LogP contribution < -0.4 is 0 Å². The molecule has 1 aliphatic rings. The number of hydrogen-bond donors (Lipinski definition) is 0. The number of halogens is 3. The smallest absolute Gasteiger partial charge is 0.248 e. The van der Waals surface area contributed by atoms with Crippen LogP contribution in [-0.4, -0.2) is 11.7 Å². The lowest BCUT2D eigenvalue weighted by Gasteiger charge is -2.11. The maximum atomic E-state index is 13.1. The summed E-state index contributed by atoms with van der Waals surface area (Å²) in [7, 11) is 0. The molecule has 0 bridgehead atoms. The highest BCUT2D eigenvalue weighted by Crippen LogP contribution is 2.40. The summed E-state index contributed by atoms with van der Waals surface area (Å²) in [5.41, 5.74) is 1.52. The van der Waals surface area contributed by atoms with Crippen molar-refractivity contribution in [3.8, 4) is 0 Å². The molecule has 1 unspecified atom stereocenters. The van der Waals surface area contributed by atoms with Crippen molar-refractivity contribution in [3.05, 3.63) is 33.8 Å². The van der Waals surface area contributed by atoms with Gasteiger partial charge < -0.3 is 0 Å². The van der Waals surface area contributed by atoms with Gasteiger partial charge in [-0.15, -0.1) is 0 Å². The summed E-state index contributed by atoms with van der Waals surface area (Å²) < 4.78 is 27.0. The zero-order valence-electron chi connectivity index (χ0n) is 10.2. The average Bonchev–Trinajstić information content (AvgIpc) is 2.62. The van der Waals surface area contributed by atoms with Gasteiger partial charge in [0.15, 0.2) is 5.78 Å². The standard InChI is InChI=1S/C14H15BrF2O/c1-9-11(3-2-4-12(9)15)13(18)7-10-5-6-14(16,17)8-10/h2-4,10H,5-8H2,1H3. The monoisotopic (exact) mass is 316 g/mol. The van der Waals surface area contributed by atoms with Gasteiger partial charge in [0.05, 0.1) is 0 Å². The van der Waals surface area contributed by atoms with E-state index in [9.17, 15) is 13.6 Å². The van der Waals surface area contributed by atoms with Crippen LogP contribution in [0.5, 0.6) is 0 Å². The molecule has 1 aromatic carbocycles. The summed E-state index contributed by atoms with van der Waals surface area (Å²) in [6, 6.07) is 5.43. The largest absolute Gasteiger partial charge is 0.294 e. The summed E-state index contributed by atoms with van der Waals surface area (Å²) in [5, 5.41) is 0. The number of alkyl halides is 2. The van der Waals surface area contributed by atoms with E-state index >= 15 is 0 Å². The molecule has 0 radical (unpaired) electrons. The SMILES string of the molecule is Cc1c(Br)cccc1C(=O)CC1CCC(F)(F)C1. The fourth-order valence-electron chi connectivity index (χ4n) is 2.50. The second-order valence-corrected chi connectivity index (χ2v) is 5.86. The molecule has 0 aliphatic heterocycles. The quantitative estimate of drug-likeness (QED) is 0.734. The van der Waals surface area contributed by atoms with Crippen LogP contribution in [0.3, 0.4) is 0 Å². The molecule has 1 aromatic rings. The van der Waals surface area contributed by atoms with Crippen molar-refractivity contribution in [1.29, 1.82) is 0 Å². The minimum atomic E-state index is -2.57. The number of Topliss-reactive ketones (excluding diaryl/α,β-unsaturated/α-hetero) is 1. The molecule has 2 rings (SSSR count). The van der Waals surface area contributed by atoms with Gasteiger partial charge in [-0.05, 0) is 30.9 Å². The normalized spacial score (nSPS) is 22.1. The number of rotatable bonds is 3. The summed E-state index contributed by atoms with van der Waals surface area (Å²) in [5.74, 6) is -2.78. The van der Waals surface area contributed by atoms with Gasteiger partial charge in [0.2, 0.25) is 5.92 Å². The van der Waals surface area contributed by atoms with Crippen LogP contribution in [0.25, 0.3) is 0 Å². The highest BCUT2D eigenvalue weighted by molar-refractivity contribution is 9.10. The van der Waals surface area contributed by atoms with E-state index in [1.54, 1.807) is 12.1 Å². The predicted octanol–water partition coefficient (Wildman–Crippen LogP) is 4.77. The van der Waals surface area contributed by atoms with Gasteiger partial charge in [0.1, 0.15) is 0 Å². The van der Waals surface area contributed by atoms with Crippen molar-refractivity contribution in [2.75, 3.05) is 0 Å². The molecule has 98 valence electrons. The summed E-state index contributed by atoms with van der Waals surface area (Å²) in [4.78, 5) is 12.1. The number of carbonyl (C=O) groups is 1. The Morgan fingerprint density at radius 3 is 2.83 bits per heavy atom. The summed E-state index contributed by atoms with van der Waals surface area (Å²) in [6.45, 7) is 1.86. The maximum absolute atomic E-state index is 13.1. The number of carbonyl (C=O) groups excluding carboxylic acids is 1. The Morgan fingerprint density at radius 2 is 2.22 bits per heavy atom. The predicted molar refractivity (Wildman–Crippen MR) is 70.1 cm³/mol. The molecule has 0 aromatic heterocycles. The minimum absolute atomic E-state index is 0.0310. The van der Waals surface area contributed by atoms with Crippen molar-refractivity contribution >= 4 is 21.7 Å². The molecule has 1 nitrogen and oxygen atoms in total. The van der Waals surface area contributed by atoms with Crippen molar-refractivity contribution in [2.45, 2.75) is 38.5 Å². The number of hydrogen-bond acceptors (Lipinski definition) is 1. The van der Waals surface area contributed by atoms with Crippen molar-refractivity contribution < 1.29 is 13.6 Å². The Balaban J connectivity index is 2.07. The zero-order valence-corrected chi connectivity index (χ0v) is 11.8. The third kappa shape index (κ3) is 2.97. The molecular formula is C14H15BrF2O. The Morgan fingerprint density at radius 1 is 1.50 bits per heavy atom. The molecule has 4 heteroatoms. The average molecular weight is 317 g/mol. The molecule has 0 amide bonds. The van der Waals surface area contributed by atoms with Gasteiger partial charge >= 0.3 is 0 Å². The second kappa shape index (κ2) is 5.08. The van der Waals surface area contributed by atoms with Gasteiger partial charge in [-0.3, -0.25) is 4.79 Å². The fourth-order valence-corrected chi connectivity index (χ4v) is 2.86. The van der Waals surface area contributed by atoms with E-state index in [-0.39, 0.29) is 31.0 Å². The first kappa shape index (κ1) is 13.7. The van der Waals surface area contributed by atoms with E-state index in [2.05, 4.69) is 15.9 Å². The van der Waals surface area contributed by atoms with Crippen molar-refractivity contribution in [1.82, 2.24) is 0 Å². The Labute approximate surface area is 114 Å². The molecule has 1 fully saturated rings.